The maximum absolute atomic E-state index is 12.2. The van der Waals surface area contributed by atoms with E-state index in [2.05, 4.69) is 10.3 Å². The van der Waals surface area contributed by atoms with Gasteiger partial charge < -0.3 is 20.1 Å². The third kappa shape index (κ3) is 5.23. The predicted molar refractivity (Wildman–Crippen MR) is 109 cm³/mol. The molecule has 27 heavy (non-hydrogen) atoms. The molecule has 0 aliphatic heterocycles. The molecule has 1 heterocycles. The Kier molecular flexibility index (Phi) is 7.68. The molecule has 1 aromatic heterocycles. The number of ether oxygens (including phenoxy) is 1. The number of halogens is 2. The number of para-hydroxylation sites is 1. The van der Waals surface area contributed by atoms with E-state index in [-0.39, 0.29) is 24.9 Å². The van der Waals surface area contributed by atoms with E-state index in [0.29, 0.717) is 17.0 Å². The molecule has 5 nitrogen and oxygen atoms in total. The quantitative estimate of drug-likeness (QED) is 0.521. The lowest BCUT2D eigenvalue weighted by molar-refractivity contribution is -0.143. The van der Waals surface area contributed by atoms with Gasteiger partial charge in [-0.3, -0.25) is 4.79 Å². The maximum Gasteiger partial charge on any atom is 0.323 e. The lowest BCUT2D eigenvalue weighted by Gasteiger charge is -2.19. The van der Waals surface area contributed by atoms with Crippen LogP contribution in [0.4, 0.5) is 0 Å². The van der Waals surface area contributed by atoms with E-state index >= 15 is 0 Å². The number of methoxy groups -OCH3 is 1. The molecule has 1 unspecified atom stereocenters. The molecule has 0 radical (unpaired) electrons. The monoisotopic (exact) mass is 408 g/mol. The number of H-pyrrole nitrogens is 1. The molecule has 0 saturated heterocycles. The molecule has 0 aliphatic carbocycles. The van der Waals surface area contributed by atoms with Crippen molar-refractivity contribution in [3.63, 3.8) is 0 Å². The zero-order chi connectivity index (χ0) is 18.5. The number of carbonyl (C=O) groups is 1. The molecule has 3 N–H and O–H groups in total. The molecule has 3 aromatic rings. The van der Waals surface area contributed by atoms with Gasteiger partial charge in [0.15, 0.2) is 0 Å². The Morgan fingerprint density at radius 1 is 1.26 bits per heavy atom. The van der Waals surface area contributed by atoms with E-state index in [0.717, 1.165) is 16.5 Å². The summed E-state index contributed by atoms with van der Waals surface area (Å²) in [4.78, 5) is 15.4. The second kappa shape index (κ2) is 9.76. The largest absolute Gasteiger partial charge is 0.468 e. The Hall–Kier alpha value is -2.05. The number of hydrogen-bond donors (Lipinski definition) is 3. The van der Waals surface area contributed by atoms with Crippen molar-refractivity contribution in [1.29, 1.82) is 0 Å². The zero-order valence-electron chi connectivity index (χ0n) is 14.8. The number of fused-ring (bicyclic) bond motifs is 1. The van der Waals surface area contributed by atoms with Crippen LogP contribution >= 0.6 is 24.0 Å². The summed E-state index contributed by atoms with van der Waals surface area (Å²) in [7, 11) is 1.36. The Balaban J connectivity index is 0.00000261. The number of aliphatic hydroxyl groups excluding tert-OH is 1. The van der Waals surface area contributed by atoms with Crippen molar-refractivity contribution in [3.8, 4) is 0 Å². The number of esters is 1. The van der Waals surface area contributed by atoms with Gasteiger partial charge in [0.25, 0.3) is 0 Å². The van der Waals surface area contributed by atoms with Gasteiger partial charge in [0.1, 0.15) is 6.04 Å². The van der Waals surface area contributed by atoms with E-state index in [1.807, 2.05) is 30.5 Å². The third-order valence-electron chi connectivity index (χ3n) is 4.38. The molecule has 3 rings (SSSR count). The van der Waals surface area contributed by atoms with E-state index in [1.54, 1.807) is 24.3 Å². The highest BCUT2D eigenvalue weighted by Crippen LogP contribution is 2.20. The summed E-state index contributed by atoms with van der Waals surface area (Å²) in [6.07, 6.45) is 1.58. The summed E-state index contributed by atoms with van der Waals surface area (Å²) in [5.74, 6) is -0.367. The number of aromatic nitrogens is 1. The van der Waals surface area contributed by atoms with Crippen molar-refractivity contribution < 1.29 is 14.6 Å². The average Bonchev–Trinajstić information content (AvgIpc) is 3.07. The number of benzene rings is 2. The fourth-order valence-corrected chi connectivity index (χ4v) is 3.19. The van der Waals surface area contributed by atoms with E-state index in [9.17, 15) is 9.90 Å². The summed E-state index contributed by atoms with van der Waals surface area (Å²) in [5.41, 5.74) is 2.73. The summed E-state index contributed by atoms with van der Waals surface area (Å²) in [5, 5.41) is 15.1. The number of rotatable bonds is 7. The minimum absolute atomic E-state index is 0. The van der Waals surface area contributed by atoms with Crippen molar-refractivity contribution in [2.45, 2.75) is 18.6 Å². The molecule has 0 aliphatic rings. The SMILES string of the molecule is COC(=O)[C@@H](Cc1c[nH]c2ccccc12)NCC(O)c1cccc(Cl)c1.Cl. The van der Waals surface area contributed by atoms with E-state index in [1.165, 1.54) is 7.11 Å². The van der Waals surface area contributed by atoms with Crippen molar-refractivity contribution in [3.05, 3.63) is 70.9 Å². The summed E-state index contributed by atoms with van der Waals surface area (Å²) in [6, 6.07) is 14.4. The van der Waals surface area contributed by atoms with Gasteiger partial charge in [-0.05, 0) is 29.3 Å². The van der Waals surface area contributed by atoms with Crippen LogP contribution in [0.1, 0.15) is 17.2 Å². The Morgan fingerprint density at radius 2 is 2.04 bits per heavy atom. The molecular formula is C20H22Cl2N2O3. The molecule has 2 atom stereocenters. The van der Waals surface area contributed by atoms with E-state index in [4.69, 9.17) is 16.3 Å². The standard InChI is InChI=1S/C20H21ClN2O3.ClH/c1-26-20(25)18(10-14-11-22-17-8-3-2-7-16(14)17)23-12-19(24)13-5-4-6-15(21)9-13;/h2-9,11,18-19,22-24H,10,12H2,1H3;1H/t18-,19?;/m1./s1. The van der Waals surface area contributed by atoms with Crippen LogP contribution in [0.25, 0.3) is 10.9 Å². The van der Waals surface area contributed by atoms with Crippen molar-refractivity contribution in [2.75, 3.05) is 13.7 Å². The smallest absolute Gasteiger partial charge is 0.323 e. The number of aliphatic hydroxyl groups is 1. The van der Waals surface area contributed by atoms with Gasteiger partial charge in [0.05, 0.1) is 13.2 Å². The van der Waals surface area contributed by atoms with Gasteiger partial charge in [-0.1, -0.05) is 41.9 Å². The molecular weight excluding hydrogens is 387 g/mol. The van der Waals surface area contributed by atoms with Crippen LogP contribution in [0.5, 0.6) is 0 Å². The molecule has 0 spiro atoms. The minimum Gasteiger partial charge on any atom is -0.468 e. The van der Waals surface area contributed by atoms with Crippen LogP contribution in [0.2, 0.25) is 5.02 Å². The minimum atomic E-state index is -0.774. The molecule has 2 aromatic carbocycles. The van der Waals surface area contributed by atoms with Crippen LogP contribution in [0.15, 0.2) is 54.7 Å². The van der Waals surface area contributed by atoms with E-state index < -0.39 is 12.1 Å². The molecule has 0 bridgehead atoms. The van der Waals surface area contributed by atoms with Gasteiger partial charge in [-0.15, -0.1) is 12.4 Å². The van der Waals surface area contributed by atoms with Gasteiger partial charge in [-0.25, -0.2) is 0 Å². The second-order valence-electron chi connectivity index (χ2n) is 6.12. The lowest BCUT2D eigenvalue weighted by atomic mass is 10.0. The number of nitrogens with one attached hydrogen (secondary N) is 2. The summed E-state index contributed by atoms with van der Waals surface area (Å²) >= 11 is 5.97. The number of hydrogen-bond acceptors (Lipinski definition) is 4. The molecule has 0 saturated carbocycles. The van der Waals surface area contributed by atoms with Crippen LogP contribution in [0.3, 0.4) is 0 Å². The van der Waals surface area contributed by atoms with Gasteiger partial charge in [-0.2, -0.15) is 0 Å². The number of aromatic amines is 1. The first-order chi connectivity index (χ1) is 12.6. The predicted octanol–water partition coefficient (Wildman–Crippen LogP) is 3.65. The summed E-state index contributed by atoms with van der Waals surface area (Å²) < 4.78 is 4.92. The van der Waals surface area contributed by atoms with Gasteiger partial charge in [0.2, 0.25) is 0 Å². The highest BCUT2D eigenvalue weighted by molar-refractivity contribution is 6.30. The highest BCUT2D eigenvalue weighted by Gasteiger charge is 2.22. The molecule has 0 fully saturated rings. The third-order valence-corrected chi connectivity index (χ3v) is 4.61. The highest BCUT2D eigenvalue weighted by atomic mass is 35.5. The first kappa shape index (κ1) is 21.3. The van der Waals surface area contributed by atoms with Crippen molar-refractivity contribution in [2.24, 2.45) is 0 Å². The average molecular weight is 409 g/mol. The lowest BCUT2D eigenvalue weighted by Crippen LogP contribution is -2.41. The molecule has 144 valence electrons. The van der Waals surface area contributed by atoms with Crippen LogP contribution in [-0.2, 0) is 16.0 Å². The fourth-order valence-electron chi connectivity index (χ4n) is 2.99. The fraction of sp³-hybridized carbons (Fsp3) is 0.250. The van der Waals surface area contributed by atoms with Crippen LogP contribution < -0.4 is 5.32 Å². The van der Waals surface area contributed by atoms with Crippen LogP contribution in [-0.4, -0.2) is 35.8 Å². The maximum atomic E-state index is 12.2. The Morgan fingerprint density at radius 3 is 2.78 bits per heavy atom. The Labute approximate surface area is 169 Å². The normalized spacial score (nSPS) is 13.0. The van der Waals surface area contributed by atoms with Crippen molar-refractivity contribution in [1.82, 2.24) is 10.3 Å². The summed E-state index contributed by atoms with van der Waals surface area (Å²) in [6.45, 7) is 0.211. The molecule has 7 heteroatoms. The topological polar surface area (TPSA) is 74.4 Å². The van der Waals surface area contributed by atoms with Gasteiger partial charge in [0, 0.05) is 35.1 Å². The van der Waals surface area contributed by atoms with Crippen molar-refractivity contribution >= 4 is 40.9 Å². The van der Waals surface area contributed by atoms with Gasteiger partial charge >= 0.3 is 5.97 Å². The first-order valence-electron chi connectivity index (χ1n) is 8.38. The second-order valence-corrected chi connectivity index (χ2v) is 6.55. The zero-order valence-corrected chi connectivity index (χ0v) is 16.4. The molecule has 0 amide bonds. The van der Waals surface area contributed by atoms with Crippen LogP contribution in [0, 0.1) is 0 Å². The number of carbonyl (C=O) groups excluding carboxylic acids is 1. The Bertz CT molecular complexity index is 898. The first-order valence-corrected chi connectivity index (χ1v) is 8.76.